The molecule has 0 fully saturated rings. The van der Waals surface area contributed by atoms with Gasteiger partial charge in [0.05, 0.1) is 0 Å². The van der Waals surface area contributed by atoms with Crippen molar-refractivity contribution in [3.05, 3.63) is 11.8 Å². The summed E-state index contributed by atoms with van der Waals surface area (Å²) in [7, 11) is 0. The molecule has 0 radical (unpaired) electrons. The van der Waals surface area contributed by atoms with Crippen LogP contribution >= 0.6 is 0 Å². The lowest BCUT2D eigenvalue weighted by molar-refractivity contribution is 0.332. The summed E-state index contributed by atoms with van der Waals surface area (Å²) in [5.41, 5.74) is 0. The van der Waals surface area contributed by atoms with Crippen molar-refractivity contribution < 1.29 is 9.63 Å². The average molecular weight is 151 g/mol. The fraction of sp³-hybridized carbons (Fsp3) is 0.375. The van der Waals surface area contributed by atoms with Gasteiger partial charge in [0.1, 0.15) is 5.76 Å². The van der Waals surface area contributed by atoms with Crippen LogP contribution in [-0.2, 0) is 0 Å². The molecule has 0 bridgehead atoms. The third-order valence-electron chi connectivity index (χ3n) is 1.43. The number of terminal acetylenes is 1. The number of rotatable bonds is 2. The Bertz CT molecular complexity index is 272. The summed E-state index contributed by atoms with van der Waals surface area (Å²) in [5.74, 6) is 3.16. The number of hydrogen-bond donors (Lipinski definition) is 1. The summed E-state index contributed by atoms with van der Waals surface area (Å²) >= 11 is 0. The van der Waals surface area contributed by atoms with E-state index in [1.54, 1.807) is 0 Å². The van der Waals surface area contributed by atoms with Gasteiger partial charge in [0.25, 0.3) is 5.88 Å². The van der Waals surface area contributed by atoms with E-state index in [0.29, 0.717) is 12.2 Å². The molecule has 0 aliphatic carbocycles. The summed E-state index contributed by atoms with van der Waals surface area (Å²) in [4.78, 5) is 0. The van der Waals surface area contributed by atoms with E-state index < -0.39 is 0 Å². The minimum Gasteiger partial charge on any atom is -0.491 e. The summed E-state index contributed by atoms with van der Waals surface area (Å²) in [5, 5.41) is 12.1. The normalized spacial score (nSPS) is 12.4. The Balaban J connectivity index is 2.70. The van der Waals surface area contributed by atoms with Crippen LogP contribution < -0.4 is 0 Å². The second-order valence-electron chi connectivity index (χ2n) is 2.40. The van der Waals surface area contributed by atoms with Crippen molar-refractivity contribution >= 4 is 0 Å². The summed E-state index contributed by atoms with van der Waals surface area (Å²) < 4.78 is 4.78. The second-order valence-corrected chi connectivity index (χ2v) is 2.40. The van der Waals surface area contributed by atoms with Gasteiger partial charge in [-0.25, -0.2) is 0 Å². The largest absolute Gasteiger partial charge is 0.491 e. The molecule has 1 N–H and O–H groups in total. The van der Waals surface area contributed by atoms with Crippen molar-refractivity contribution in [2.24, 2.45) is 0 Å². The minimum absolute atomic E-state index is 0.0936. The molecule has 0 aliphatic heterocycles. The molecule has 0 saturated carbocycles. The second kappa shape index (κ2) is 3.11. The van der Waals surface area contributed by atoms with E-state index >= 15 is 0 Å². The molecule has 1 heterocycles. The molecule has 0 aliphatic rings. The molecule has 1 rings (SSSR count). The first-order chi connectivity index (χ1) is 5.24. The van der Waals surface area contributed by atoms with Gasteiger partial charge in [-0.05, 0) is 5.16 Å². The Morgan fingerprint density at radius 3 is 3.09 bits per heavy atom. The predicted molar refractivity (Wildman–Crippen MR) is 40.0 cm³/mol. The van der Waals surface area contributed by atoms with Gasteiger partial charge in [-0.1, -0.05) is 6.92 Å². The molecule has 0 saturated heterocycles. The molecule has 1 atom stereocenters. The third kappa shape index (κ3) is 1.74. The van der Waals surface area contributed by atoms with Crippen LogP contribution in [0.1, 0.15) is 25.0 Å². The van der Waals surface area contributed by atoms with Crippen molar-refractivity contribution in [2.75, 3.05) is 0 Å². The Kier molecular flexibility index (Phi) is 2.17. The smallest absolute Gasteiger partial charge is 0.251 e. The molecular weight excluding hydrogens is 142 g/mol. The number of aromatic hydroxyl groups is 1. The molecule has 1 unspecified atom stereocenters. The first-order valence-electron chi connectivity index (χ1n) is 3.33. The molecule has 0 spiro atoms. The van der Waals surface area contributed by atoms with E-state index in [1.807, 2.05) is 6.92 Å². The fourth-order valence-electron chi connectivity index (χ4n) is 0.789. The minimum atomic E-state index is -0.0936. The average Bonchev–Trinajstić information content (AvgIpc) is 2.36. The first-order valence-corrected chi connectivity index (χ1v) is 3.33. The van der Waals surface area contributed by atoms with E-state index in [-0.39, 0.29) is 11.8 Å². The van der Waals surface area contributed by atoms with Crippen molar-refractivity contribution in [2.45, 2.75) is 19.3 Å². The number of nitrogens with zero attached hydrogens (tertiary/aromatic N) is 1. The fourth-order valence-corrected chi connectivity index (χ4v) is 0.789. The molecule has 0 amide bonds. The molecular formula is C8H9NO2. The highest BCUT2D eigenvalue weighted by Crippen LogP contribution is 2.21. The number of hydrogen-bond acceptors (Lipinski definition) is 3. The highest BCUT2D eigenvalue weighted by molar-refractivity contribution is 5.13. The lowest BCUT2D eigenvalue weighted by Crippen LogP contribution is -1.87. The summed E-state index contributed by atoms with van der Waals surface area (Å²) in [6, 6.07) is 1.47. The van der Waals surface area contributed by atoms with Crippen LogP contribution in [0.2, 0.25) is 0 Å². The van der Waals surface area contributed by atoms with Crippen LogP contribution in [0.15, 0.2) is 10.6 Å². The van der Waals surface area contributed by atoms with E-state index in [0.717, 1.165) is 0 Å². The van der Waals surface area contributed by atoms with Crippen LogP contribution in [0.4, 0.5) is 0 Å². The van der Waals surface area contributed by atoms with Gasteiger partial charge in [0.2, 0.25) is 0 Å². The van der Waals surface area contributed by atoms with Crippen molar-refractivity contribution in [3.8, 4) is 18.2 Å². The zero-order chi connectivity index (χ0) is 8.27. The van der Waals surface area contributed by atoms with Gasteiger partial charge in [0.15, 0.2) is 0 Å². The standard InChI is InChI=1S/C8H9NO2/c1-3-4-6(2)7-5-8(10)9-11-7/h1,5-6H,4H2,2H3,(H,9,10). The molecule has 3 nitrogen and oxygen atoms in total. The molecule has 58 valence electrons. The van der Waals surface area contributed by atoms with Crippen LogP contribution in [0, 0.1) is 12.3 Å². The molecule has 3 heteroatoms. The number of aromatic nitrogens is 1. The Morgan fingerprint density at radius 2 is 2.64 bits per heavy atom. The zero-order valence-electron chi connectivity index (χ0n) is 6.24. The van der Waals surface area contributed by atoms with E-state index in [4.69, 9.17) is 16.1 Å². The third-order valence-corrected chi connectivity index (χ3v) is 1.43. The van der Waals surface area contributed by atoms with Crippen molar-refractivity contribution in [1.82, 2.24) is 5.16 Å². The Labute approximate surface area is 65.0 Å². The van der Waals surface area contributed by atoms with Gasteiger partial charge < -0.3 is 9.63 Å². The highest BCUT2D eigenvalue weighted by Gasteiger charge is 2.09. The van der Waals surface area contributed by atoms with Gasteiger partial charge in [-0.2, -0.15) is 0 Å². The lowest BCUT2D eigenvalue weighted by atomic mass is 10.1. The van der Waals surface area contributed by atoms with Crippen LogP contribution in [0.3, 0.4) is 0 Å². The zero-order valence-corrected chi connectivity index (χ0v) is 6.24. The van der Waals surface area contributed by atoms with Crippen LogP contribution in [-0.4, -0.2) is 10.3 Å². The van der Waals surface area contributed by atoms with E-state index in [1.165, 1.54) is 6.07 Å². The summed E-state index contributed by atoms with van der Waals surface area (Å²) in [6.07, 6.45) is 5.69. The Morgan fingerprint density at radius 1 is 1.91 bits per heavy atom. The summed E-state index contributed by atoms with van der Waals surface area (Å²) in [6.45, 7) is 1.92. The first kappa shape index (κ1) is 7.67. The lowest BCUT2D eigenvalue weighted by Gasteiger charge is -1.98. The molecule has 11 heavy (non-hydrogen) atoms. The maximum atomic E-state index is 8.81. The maximum absolute atomic E-state index is 8.81. The van der Waals surface area contributed by atoms with Gasteiger partial charge in [-0.3, -0.25) is 0 Å². The topological polar surface area (TPSA) is 46.3 Å². The molecule has 1 aromatic rings. The van der Waals surface area contributed by atoms with Crippen molar-refractivity contribution in [1.29, 1.82) is 0 Å². The van der Waals surface area contributed by atoms with E-state index in [2.05, 4.69) is 11.1 Å². The Hall–Kier alpha value is -1.43. The quantitative estimate of drug-likeness (QED) is 0.651. The van der Waals surface area contributed by atoms with Gasteiger partial charge in [0, 0.05) is 18.4 Å². The van der Waals surface area contributed by atoms with E-state index in [9.17, 15) is 0 Å². The van der Waals surface area contributed by atoms with Gasteiger partial charge >= 0.3 is 0 Å². The van der Waals surface area contributed by atoms with Crippen molar-refractivity contribution in [3.63, 3.8) is 0 Å². The molecule has 1 aromatic heterocycles. The SMILES string of the molecule is C#CCC(C)c1cc(O)no1. The highest BCUT2D eigenvalue weighted by atomic mass is 16.5. The van der Waals surface area contributed by atoms with Crippen LogP contribution in [0.25, 0.3) is 0 Å². The predicted octanol–water partition coefficient (Wildman–Crippen LogP) is 1.51. The van der Waals surface area contributed by atoms with Gasteiger partial charge in [-0.15, -0.1) is 12.3 Å². The molecule has 0 aromatic carbocycles. The van der Waals surface area contributed by atoms with Crippen LogP contribution in [0.5, 0.6) is 5.88 Å². The maximum Gasteiger partial charge on any atom is 0.251 e. The monoisotopic (exact) mass is 151 g/mol.